The molecule has 0 spiro atoms. The maximum absolute atomic E-state index is 13.2. The lowest BCUT2D eigenvalue weighted by molar-refractivity contribution is 0.0901. The lowest BCUT2D eigenvalue weighted by Gasteiger charge is -2.31. The van der Waals surface area contributed by atoms with E-state index in [0.29, 0.717) is 12.5 Å². The SMILES string of the molecule is Cc1cc(C(=O)CN2CCCC(c3nc4ccccc4s3)C2)c(C)n1CC1CCCO1. The molecule has 31 heavy (non-hydrogen) atoms. The summed E-state index contributed by atoms with van der Waals surface area (Å²) >= 11 is 1.81. The zero-order valence-electron chi connectivity index (χ0n) is 18.5. The van der Waals surface area contributed by atoms with Crippen molar-refractivity contribution in [1.29, 1.82) is 0 Å². The van der Waals surface area contributed by atoms with Gasteiger partial charge in [-0.3, -0.25) is 9.69 Å². The first-order chi connectivity index (χ1) is 15.1. The number of para-hydroxylation sites is 1. The van der Waals surface area contributed by atoms with Crippen molar-refractivity contribution in [2.75, 3.05) is 26.2 Å². The Labute approximate surface area is 188 Å². The molecule has 0 bridgehead atoms. The predicted molar refractivity (Wildman–Crippen MR) is 125 cm³/mol. The van der Waals surface area contributed by atoms with Crippen molar-refractivity contribution in [2.45, 2.75) is 58.1 Å². The van der Waals surface area contributed by atoms with E-state index in [4.69, 9.17) is 9.72 Å². The van der Waals surface area contributed by atoms with Crippen molar-refractivity contribution < 1.29 is 9.53 Å². The molecule has 0 aliphatic carbocycles. The van der Waals surface area contributed by atoms with Crippen LogP contribution in [0, 0.1) is 13.8 Å². The number of carbonyl (C=O) groups is 1. The lowest BCUT2D eigenvalue weighted by Crippen LogP contribution is -2.38. The van der Waals surface area contributed by atoms with Gasteiger partial charge in [-0.15, -0.1) is 11.3 Å². The van der Waals surface area contributed by atoms with E-state index in [1.165, 1.54) is 9.71 Å². The number of ketones is 1. The fourth-order valence-electron chi connectivity index (χ4n) is 5.11. The van der Waals surface area contributed by atoms with Crippen LogP contribution in [0.15, 0.2) is 30.3 Å². The first-order valence-electron chi connectivity index (χ1n) is 11.5. The summed E-state index contributed by atoms with van der Waals surface area (Å²) in [6, 6.07) is 10.4. The number of rotatable bonds is 6. The van der Waals surface area contributed by atoms with Crippen LogP contribution in [-0.4, -0.2) is 52.6 Å². The molecular formula is C25H31N3O2S. The number of Topliss-reactive ketones (excluding diaryl/α,β-unsaturated/α-hetero) is 1. The van der Waals surface area contributed by atoms with E-state index >= 15 is 0 Å². The van der Waals surface area contributed by atoms with Gasteiger partial charge in [0.2, 0.25) is 0 Å². The molecule has 5 rings (SSSR count). The minimum Gasteiger partial charge on any atom is -0.376 e. The highest BCUT2D eigenvalue weighted by atomic mass is 32.1. The van der Waals surface area contributed by atoms with Crippen LogP contribution in [-0.2, 0) is 11.3 Å². The van der Waals surface area contributed by atoms with E-state index in [0.717, 1.165) is 74.4 Å². The summed E-state index contributed by atoms with van der Waals surface area (Å²) in [6.45, 7) is 8.29. The van der Waals surface area contributed by atoms with Crippen molar-refractivity contribution in [2.24, 2.45) is 0 Å². The van der Waals surface area contributed by atoms with Crippen LogP contribution in [0.1, 0.15) is 58.4 Å². The zero-order chi connectivity index (χ0) is 21.4. The van der Waals surface area contributed by atoms with Crippen LogP contribution in [0.2, 0.25) is 0 Å². The number of nitrogens with zero attached hydrogens (tertiary/aromatic N) is 3. The molecule has 2 aliphatic heterocycles. The molecule has 0 saturated carbocycles. The summed E-state index contributed by atoms with van der Waals surface area (Å²) in [5.41, 5.74) is 4.20. The van der Waals surface area contributed by atoms with Gasteiger partial charge in [0.05, 0.1) is 27.9 Å². The standard InChI is InChI=1S/C25H31N3O2S/c1-17-13-21(18(2)28(17)15-20-8-6-12-30-20)23(29)16-27-11-5-7-19(14-27)25-26-22-9-3-4-10-24(22)31-25/h3-4,9-10,13,19-20H,5-8,11-12,14-16H2,1-2H3. The number of benzene rings is 1. The molecule has 2 saturated heterocycles. The molecule has 4 heterocycles. The second-order valence-corrected chi connectivity index (χ2v) is 10.1. The fraction of sp³-hybridized carbons (Fsp3) is 0.520. The summed E-state index contributed by atoms with van der Waals surface area (Å²) in [7, 11) is 0. The summed E-state index contributed by atoms with van der Waals surface area (Å²) in [5, 5.41) is 1.22. The number of ether oxygens (including phenoxy) is 1. The fourth-order valence-corrected chi connectivity index (χ4v) is 6.20. The molecule has 2 aliphatic rings. The van der Waals surface area contributed by atoms with Crippen LogP contribution >= 0.6 is 11.3 Å². The number of aryl methyl sites for hydroxylation is 1. The molecule has 6 heteroatoms. The first kappa shape index (κ1) is 20.9. The Morgan fingerprint density at radius 3 is 2.90 bits per heavy atom. The smallest absolute Gasteiger partial charge is 0.178 e. The van der Waals surface area contributed by atoms with Gasteiger partial charge in [0.1, 0.15) is 0 Å². The van der Waals surface area contributed by atoms with Crippen LogP contribution < -0.4 is 0 Å². The first-order valence-corrected chi connectivity index (χ1v) is 12.3. The molecule has 1 aromatic carbocycles. The molecular weight excluding hydrogens is 406 g/mol. The average molecular weight is 438 g/mol. The number of thiazole rings is 1. The highest BCUT2D eigenvalue weighted by Gasteiger charge is 2.27. The van der Waals surface area contributed by atoms with E-state index in [1.54, 1.807) is 11.3 Å². The summed E-state index contributed by atoms with van der Waals surface area (Å²) < 4.78 is 9.34. The molecule has 2 unspecified atom stereocenters. The number of fused-ring (bicyclic) bond motifs is 1. The Balaban J connectivity index is 1.26. The van der Waals surface area contributed by atoms with Gasteiger partial charge in [-0.05, 0) is 64.3 Å². The van der Waals surface area contributed by atoms with Crippen molar-refractivity contribution >= 4 is 27.3 Å². The van der Waals surface area contributed by atoms with Crippen LogP contribution in [0.5, 0.6) is 0 Å². The summed E-state index contributed by atoms with van der Waals surface area (Å²) in [6.07, 6.45) is 4.80. The number of aromatic nitrogens is 2. The molecule has 5 nitrogen and oxygen atoms in total. The molecule has 164 valence electrons. The van der Waals surface area contributed by atoms with E-state index < -0.39 is 0 Å². The largest absolute Gasteiger partial charge is 0.376 e. The highest BCUT2D eigenvalue weighted by molar-refractivity contribution is 7.18. The number of likely N-dealkylation sites (tertiary alicyclic amines) is 1. The van der Waals surface area contributed by atoms with Crippen molar-refractivity contribution in [3.63, 3.8) is 0 Å². The maximum atomic E-state index is 13.2. The third kappa shape index (κ3) is 4.34. The minimum absolute atomic E-state index is 0.233. The minimum atomic E-state index is 0.233. The molecule has 0 amide bonds. The average Bonchev–Trinajstić information content (AvgIpc) is 3.50. The quantitative estimate of drug-likeness (QED) is 0.512. The zero-order valence-corrected chi connectivity index (χ0v) is 19.3. The van der Waals surface area contributed by atoms with Gasteiger partial charge >= 0.3 is 0 Å². The van der Waals surface area contributed by atoms with E-state index in [9.17, 15) is 4.79 Å². The van der Waals surface area contributed by atoms with Gasteiger partial charge in [0, 0.05) is 42.6 Å². The topological polar surface area (TPSA) is 47.4 Å². The molecule has 0 radical (unpaired) electrons. The van der Waals surface area contributed by atoms with E-state index in [2.05, 4.69) is 47.6 Å². The Morgan fingerprint density at radius 1 is 1.23 bits per heavy atom. The van der Waals surface area contributed by atoms with E-state index in [-0.39, 0.29) is 11.9 Å². The van der Waals surface area contributed by atoms with Crippen molar-refractivity contribution in [3.05, 3.63) is 52.3 Å². The summed E-state index contributed by atoms with van der Waals surface area (Å²) in [4.78, 5) is 20.4. The second-order valence-electron chi connectivity index (χ2n) is 9.05. The second kappa shape index (κ2) is 8.85. The van der Waals surface area contributed by atoms with Crippen molar-refractivity contribution in [1.82, 2.24) is 14.5 Å². The normalized spacial score (nSPS) is 22.4. The van der Waals surface area contributed by atoms with Gasteiger partial charge in [0.15, 0.2) is 5.78 Å². The number of hydrogen-bond donors (Lipinski definition) is 0. The summed E-state index contributed by atoms with van der Waals surface area (Å²) in [5.74, 6) is 0.655. The van der Waals surface area contributed by atoms with Crippen molar-refractivity contribution in [3.8, 4) is 0 Å². The molecule has 0 N–H and O–H groups in total. The van der Waals surface area contributed by atoms with Gasteiger partial charge in [-0.2, -0.15) is 0 Å². The Bertz CT molecular complexity index is 1050. The predicted octanol–water partition coefficient (Wildman–Crippen LogP) is 4.96. The molecule has 2 aromatic heterocycles. The lowest BCUT2D eigenvalue weighted by atomic mass is 9.98. The van der Waals surface area contributed by atoms with Crippen LogP contribution in [0.25, 0.3) is 10.2 Å². The number of hydrogen-bond acceptors (Lipinski definition) is 5. The highest BCUT2D eigenvalue weighted by Crippen LogP contribution is 2.33. The van der Waals surface area contributed by atoms with E-state index in [1.807, 2.05) is 6.07 Å². The molecule has 3 aromatic rings. The number of piperidine rings is 1. The molecule has 2 fully saturated rings. The number of carbonyl (C=O) groups excluding carboxylic acids is 1. The van der Waals surface area contributed by atoms with Gasteiger partial charge < -0.3 is 9.30 Å². The van der Waals surface area contributed by atoms with Gasteiger partial charge in [0.25, 0.3) is 0 Å². The monoisotopic (exact) mass is 437 g/mol. The Hall–Kier alpha value is -2.02. The third-order valence-corrected chi connectivity index (χ3v) is 8.02. The van der Waals surface area contributed by atoms with Gasteiger partial charge in [-0.25, -0.2) is 4.98 Å². The third-order valence-electron chi connectivity index (χ3n) is 6.82. The molecule has 2 atom stereocenters. The van der Waals surface area contributed by atoms with Crippen LogP contribution in [0.4, 0.5) is 0 Å². The van der Waals surface area contributed by atoms with Crippen LogP contribution in [0.3, 0.4) is 0 Å². The maximum Gasteiger partial charge on any atom is 0.178 e. The Kier molecular flexibility index (Phi) is 5.95. The van der Waals surface area contributed by atoms with Gasteiger partial charge in [-0.1, -0.05) is 12.1 Å². The Morgan fingerprint density at radius 2 is 2.10 bits per heavy atom.